The molecule has 0 spiro atoms. The fourth-order valence-corrected chi connectivity index (χ4v) is 2.58. The van der Waals surface area contributed by atoms with Gasteiger partial charge in [0, 0.05) is 18.1 Å². The average Bonchev–Trinajstić information content (AvgIpc) is 2.71. The lowest BCUT2D eigenvalue weighted by Gasteiger charge is -2.36. The third-order valence-corrected chi connectivity index (χ3v) is 3.95. The summed E-state index contributed by atoms with van der Waals surface area (Å²) in [4.78, 5) is 2.44. The highest BCUT2D eigenvalue weighted by molar-refractivity contribution is 5.20. The van der Waals surface area contributed by atoms with E-state index in [9.17, 15) is 0 Å². The number of hydrogen-bond acceptors (Lipinski definition) is 4. The van der Waals surface area contributed by atoms with Gasteiger partial charge in [-0.15, -0.1) is 0 Å². The SMILES string of the molecule is Cc1cc(CN2CC(C)OCC2C)oc1CNC(C)(C)C. The molecule has 0 saturated carbocycles. The molecule has 2 rings (SSSR count). The lowest BCUT2D eigenvalue weighted by Crippen LogP contribution is -2.46. The van der Waals surface area contributed by atoms with Gasteiger partial charge in [0.2, 0.25) is 0 Å². The predicted molar refractivity (Wildman–Crippen MR) is 85.3 cm³/mol. The molecule has 2 atom stereocenters. The van der Waals surface area contributed by atoms with Crippen molar-refractivity contribution in [2.75, 3.05) is 13.2 Å². The van der Waals surface area contributed by atoms with Crippen molar-refractivity contribution in [3.63, 3.8) is 0 Å². The van der Waals surface area contributed by atoms with Gasteiger partial charge < -0.3 is 14.5 Å². The minimum atomic E-state index is 0.105. The number of aryl methyl sites for hydroxylation is 1. The van der Waals surface area contributed by atoms with Crippen molar-refractivity contribution in [1.29, 1.82) is 0 Å². The molecule has 4 heteroatoms. The molecule has 1 N–H and O–H groups in total. The lowest BCUT2D eigenvalue weighted by atomic mass is 10.1. The normalized spacial score (nSPS) is 24.5. The van der Waals surface area contributed by atoms with Crippen LogP contribution in [0.25, 0.3) is 0 Å². The zero-order chi connectivity index (χ0) is 15.6. The number of nitrogens with zero attached hydrogens (tertiary/aromatic N) is 1. The first-order chi connectivity index (χ1) is 9.74. The quantitative estimate of drug-likeness (QED) is 0.926. The van der Waals surface area contributed by atoms with E-state index in [1.54, 1.807) is 0 Å². The molecule has 1 aromatic heterocycles. The second-order valence-corrected chi connectivity index (χ2v) is 7.34. The van der Waals surface area contributed by atoms with Gasteiger partial charge in [-0.1, -0.05) is 0 Å². The van der Waals surface area contributed by atoms with Crippen molar-refractivity contribution < 1.29 is 9.15 Å². The maximum Gasteiger partial charge on any atom is 0.120 e. The number of morpholine rings is 1. The maximum absolute atomic E-state index is 6.05. The van der Waals surface area contributed by atoms with Gasteiger partial charge in [-0.3, -0.25) is 4.90 Å². The standard InChI is InChI=1S/C17H30N2O2/c1-12-7-15(21-16(12)8-18-17(4,5)6)10-19-9-14(3)20-11-13(19)2/h7,13-14,18H,8-11H2,1-6H3. The summed E-state index contributed by atoms with van der Waals surface area (Å²) in [7, 11) is 0. The van der Waals surface area contributed by atoms with E-state index < -0.39 is 0 Å². The zero-order valence-corrected chi connectivity index (χ0v) is 14.3. The Bertz CT molecular complexity index is 462. The molecule has 2 heterocycles. The second-order valence-electron chi connectivity index (χ2n) is 7.34. The van der Waals surface area contributed by atoms with Crippen molar-refractivity contribution in [3.8, 4) is 0 Å². The minimum absolute atomic E-state index is 0.105. The van der Waals surface area contributed by atoms with Gasteiger partial charge in [0.1, 0.15) is 11.5 Å². The van der Waals surface area contributed by atoms with Gasteiger partial charge in [-0.25, -0.2) is 0 Å². The Morgan fingerprint density at radius 2 is 2.05 bits per heavy atom. The summed E-state index contributed by atoms with van der Waals surface area (Å²) < 4.78 is 11.7. The largest absolute Gasteiger partial charge is 0.463 e. The summed E-state index contributed by atoms with van der Waals surface area (Å²) >= 11 is 0. The Labute approximate surface area is 128 Å². The van der Waals surface area contributed by atoms with Crippen molar-refractivity contribution in [1.82, 2.24) is 10.2 Å². The van der Waals surface area contributed by atoms with Gasteiger partial charge in [0.15, 0.2) is 0 Å². The molecule has 0 amide bonds. The first kappa shape index (κ1) is 16.5. The third-order valence-electron chi connectivity index (χ3n) is 3.95. The van der Waals surface area contributed by atoms with Crippen molar-refractivity contribution >= 4 is 0 Å². The molecule has 4 nitrogen and oxygen atoms in total. The van der Waals surface area contributed by atoms with Crippen molar-refractivity contribution in [2.45, 2.75) is 72.3 Å². The molecule has 1 fully saturated rings. The molecular formula is C17H30N2O2. The van der Waals surface area contributed by atoms with Gasteiger partial charge in [0.05, 0.1) is 25.8 Å². The van der Waals surface area contributed by atoms with Crippen LogP contribution in [0.4, 0.5) is 0 Å². The number of rotatable bonds is 4. The number of ether oxygens (including phenoxy) is 1. The van der Waals surface area contributed by atoms with Crippen molar-refractivity contribution in [3.05, 3.63) is 23.2 Å². The molecule has 0 bridgehead atoms. The van der Waals surface area contributed by atoms with Crippen LogP contribution >= 0.6 is 0 Å². The van der Waals surface area contributed by atoms with E-state index in [0.717, 1.165) is 37.8 Å². The van der Waals surface area contributed by atoms with Crippen molar-refractivity contribution in [2.24, 2.45) is 0 Å². The Morgan fingerprint density at radius 1 is 1.33 bits per heavy atom. The highest BCUT2D eigenvalue weighted by Crippen LogP contribution is 2.20. The van der Waals surface area contributed by atoms with Crippen LogP contribution in [0.5, 0.6) is 0 Å². The molecule has 0 aliphatic carbocycles. The molecule has 0 radical (unpaired) electrons. The molecule has 1 saturated heterocycles. The van der Waals surface area contributed by atoms with E-state index in [0.29, 0.717) is 12.1 Å². The van der Waals surface area contributed by atoms with E-state index in [4.69, 9.17) is 9.15 Å². The predicted octanol–water partition coefficient (Wildman–Crippen LogP) is 3.09. The highest BCUT2D eigenvalue weighted by Gasteiger charge is 2.24. The van der Waals surface area contributed by atoms with Crippen LogP contribution in [0, 0.1) is 6.92 Å². The Balaban J connectivity index is 1.98. The fraction of sp³-hybridized carbons (Fsp3) is 0.765. The number of nitrogens with one attached hydrogen (secondary N) is 1. The van der Waals surface area contributed by atoms with E-state index in [2.05, 4.69) is 57.8 Å². The first-order valence-corrected chi connectivity index (χ1v) is 7.93. The Hall–Kier alpha value is -0.840. The van der Waals surface area contributed by atoms with Crippen LogP contribution in [0.1, 0.15) is 51.7 Å². The Kier molecular flexibility index (Phi) is 5.12. The second kappa shape index (κ2) is 6.51. The summed E-state index contributed by atoms with van der Waals surface area (Å²) in [5, 5.41) is 3.48. The molecule has 1 aliphatic heterocycles. The van der Waals surface area contributed by atoms with E-state index >= 15 is 0 Å². The molecule has 2 unspecified atom stereocenters. The fourth-order valence-electron chi connectivity index (χ4n) is 2.58. The molecular weight excluding hydrogens is 264 g/mol. The van der Waals surface area contributed by atoms with Gasteiger partial charge in [-0.2, -0.15) is 0 Å². The summed E-state index contributed by atoms with van der Waals surface area (Å²) in [5.41, 5.74) is 1.34. The monoisotopic (exact) mass is 294 g/mol. The van der Waals surface area contributed by atoms with E-state index in [1.807, 2.05) is 0 Å². The zero-order valence-electron chi connectivity index (χ0n) is 14.3. The van der Waals surface area contributed by atoms with Gasteiger partial charge in [0.25, 0.3) is 0 Å². The molecule has 120 valence electrons. The maximum atomic E-state index is 6.05. The highest BCUT2D eigenvalue weighted by atomic mass is 16.5. The minimum Gasteiger partial charge on any atom is -0.463 e. The molecule has 1 aliphatic rings. The molecule has 21 heavy (non-hydrogen) atoms. The van der Waals surface area contributed by atoms with Crippen LogP contribution in [0.15, 0.2) is 10.5 Å². The lowest BCUT2D eigenvalue weighted by molar-refractivity contribution is -0.0546. The molecule has 1 aromatic rings. The van der Waals surface area contributed by atoms with Crippen LogP contribution in [0.3, 0.4) is 0 Å². The topological polar surface area (TPSA) is 37.6 Å². The van der Waals surface area contributed by atoms with E-state index in [1.165, 1.54) is 5.56 Å². The summed E-state index contributed by atoms with van der Waals surface area (Å²) in [6.45, 7) is 16.4. The summed E-state index contributed by atoms with van der Waals surface area (Å²) in [6.07, 6.45) is 0.305. The third kappa shape index (κ3) is 4.83. The van der Waals surface area contributed by atoms with Crippen LogP contribution in [-0.2, 0) is 17.8 Å². The summed E-state index contributed by atoms with van der Waals surface area (Å²) in [6, 6.07) is 2.62. The van der Waals surface area contributed by atoms with Crippen LogP contribution < -0.4 is 5.32 Å². The first-order valence-electron chi connectivity index (χ1n) is 7.93. The van der Waals surface area contributed by atoms with Crippen LogP contribution in [-0.4, -0.2) is 35.7 Å². The van der Waals surface area contributed by atoms with Gasteiger partial charge >= 0.3 is 0 Å². The summed E-state index contributed by atoms with van der Waals surface area (Å²) in [5.74, 6) is 2.10. The van der Waals surface area contributed by atoms with Crippen LogP contribution in [0.2, 0.25) is 0 Å². The Morgan fingerprint density at radius 3 is 2.71 bits per heavy atom. The number of hydrogen-bond donors (Lipinski definition) is 1. The number of furan rings is 1. The van der Waals surface area contributed by atoms with E-state index in [-0.39, 0.29) is 5.54 Å². The van der Waals surface area contributed by atoms with Gasteiger partial charge in [-0.05, 0) is 53.2 Å². The average molecular weight is 294 g/mol. The smallest absolute Gasteiger partial charge is 0.120 e. The molecule has 0 aromatic carbocycles.